The van der Waals surface area contributed by atoms with E-state index in [1.165, 1.54) is 0 Å². The summed E-state index contributed by atoms with van der Waals surface area (Å²) in [6.07, 6.45) is 3.49. The molecule has 2 aromatic carbocycles. The van der Waals surface area contributed by atoms with Crippen LogP contribution in [0.3, 0.4) is 0 Å². The lowest BCUT2D eigenvalue weighted by atomic mass is 9.70. The summed E-state index contributed by atoms with van der Waals surface area (Å²) in [6.45, 7) is 5.55. The van der Waals surface area contributed by atoms with Crippen LogP contribution < -0.4 is 10.0 Å². The van der Waals surface area contributed by atoms with Gasteiger partial charge in [-0.25, -0.2) is 13.1 Å². The van der Waals surface area contributed by atoms with Gasteiger partial charge in [0.05, 0.1) is 35.0 Å². The predicted molar refractivity (Wildman–Crippen MR) is 151 cm³/mol. The molecule has 210 valence electrons. The summed E-state index contributed by atoms with van der Waals surface area (Å²) in [5, 5.41) is 15.7. The van der Waals surface area contributed by atoms with E-state index in [2.05, 4.69) is 17.0 Å². The molecule has 8 nitrogen and oxygen atoms in total. The second kappa shape index (κ2) is 13.3. The van der Waals surface area contributed by atoms with Crippen LogP contribution in [0.25, 0.3) is 10.8 Å². The van der Waals surface area contributed by atoms with Crippen molar-refractivity contribution in [3.8, 4) is 0 Å². The summed E-state index contributed by atoms with van der Waals surface area (Å²) >= 11 is 0. The van der Waals surface area contributed by atoms with E-state index >= 15 is 0 Å². The quantitative estimate of drug-likeness (QED) is 0.363. The van der Waals surface area contributed by atoms with Gasteiger partial charge in [0.2, 0.25) is 15.9 Å². The molecule has 0 aromatic heterocycles. The monoisotopic (exact) mass is 564 g/mol. The van der Waals surface area contributed by atoms with Gasteiger partial charge < -0.3 is 10.4 Å². The van der Waals surface area contributed by atoms with E-state index in [1.807, 2.05) is 37.3 Å². The molecule has 0 heterocycles. The number of ketones is 1. The molecule has 10 heteroatoms. The summed E-state index contributed by atoms with van der Waals surface area (Å²) < 4.78 is 39.6. The lowest BCUT2D eigenvalue weighted by molar-refractivity contribution is -0.126. The molecule has 7 atom stereocenters. The van der Waals surface area contributed by atoms with Gasteiger partial charge in [-0.3, -0.25) is 13.8 Å². The molecule has 38 heavy (non-hydrogen) atoms. The van der Waals surface area contributed by atoms with Crippen LogP contribution in [0, 0.1) is 17.8 Å². The number of rotatable bonds is 12. The van der Waals surface area contributed by atoms with Gasteiger partial charge in [0.25, 0.3) is 0 Å². The highest BCUT2D eigenvalue weighted by molar-refractivity contribution is 7.89. The topological polar surface area (TPSA) is 130 Å². The van der Waals surface area contributed by atoms with Crippen molar-refractivity contribution < 1.29 is 27.3 Å². The average Bonchev–Trinajstić information content (AvgIpc) is 2.86. The third-order valence-corrected chi connectivity index (χ3v) is 9.66. The predicted octanol–water partition coefficient (Wildman–Crippen LogP) is 3.15. The summed E-state index contributed by atoms with van der Waals surface area (Å²) in [5.74, 6) is -0.377. The number of aliphatic hydroxyl groups is 1. The van der Waals surface area contributed by atoms with Gasteiger partial charge in [-0.2, -0.15) is 0 Å². The number of hydrogen-bond donors (Lipinski definition) is 3. The molecule has 1 amide bonds. The minimum atomic E-state index is -3.78. The number of amides is 1. The first kappa shape index (κ1) is 30.4. The van der Waals surface area contributed by atoms with Gasteiger partial charge in [0.1, 0.15) is 11.8 Å². The summed E-state index contributed by atoms with van der Waals surface area (Å²) in [4.78, 5) is 26.0. The number of sulfonamides is 1. The van der Waals surface area contributed by atoms with E-state index < -0.39 is 44.9 Å². The first-order valence-corrected chi connectivity index (χ1v) is 16.4. The van der Waals surface area contributed by atoms with Crippen molar-refractivity contribution in [2.75, 3.05) is 12.0 Å². The third kappa shape index (κ3) is 8.43. The maximum atomic E-state index is 13.2. The molecule has 7 unspecified atom stereocenters. The fraction of sp³-hybridized carbons (Fsp3) is 0.571. The lowest BCUT2D eigenvalue weighted by Crippen LogP contribution is -2.54. The minimum Gasteiger partial charge on any atom is -0.391 e. The van der Waals surface area contributed by atoms with Crippen LogP contribution in [0.1, 0.15) is 52.9 Å². The van der Waals surface area contributed by atoms with Crippen LogP contribution in [-0.2, 0) is 30.4 Å². The molecular formula is C28H40N2O6S2. The molecule has 0 saturated heterocycles. The Hall–Kier alpha value is -2.14. The van der Waals surface area contributed by atoms with Crippen LogP contribution in [0.5, 0.6) is 0 Å². The number of aliphatic hydroxyl groups excluding tert-OH is 1. The number of benzene rings is 2. The van der Waals surface area contributed by atoms with E-state index in [0.717, 1.165) is 36.3 Å². The van der Waals surface area contributed by atoms with Gasteiger partial charge in [-0.05, 0) is 67.3 Å². The minimum absolute atomic E-state index is 0.0370. The van der Waals surface area contributed by atoms with E-state index in [9.17, 15) is 27.3 Å². The average molecular weight is 565 g/mol. The molecule has 1 aliphatic rings. The largest absolute Gasteiger partial charge is 0.391 e. The molecule has 2 aromatic rings. The molecule has 1 aliphatic carbocycles. The number of fused-ring (bicyclic) bond motifs is 1. The van der Waals surface area contributed by atoms with Gasteiger partial charge >= 0.3 is 0 Å². The lowest BCUT2D eigenvalue weighted by Gasteiger charge is -2.36. The van der Waals surface area contributed by atoms with Crippen molar-refractivity contribution in [2.45, 2.75) is 76.0 Å². The van der Waals surface area contributed by atoms with Crippen molar-refractivity contribution >= 4 is 43.3 Å². The Morgan fingerprint density at radius 2 is 1.82 bits per heavy atom. The molecule has 0 radical (unpaired) electrons. The smallest absolute Gasteiger partial charge is 0.239 e. The standard InChI is InChI=1S/C28H40N2O6S2/c1-5-25(27(32)16-22-11-10-18(2)14-24(22)19(3)31)29-28(33)26(30-38(4,35)36)17-37(34)23-13-12-20-8-6-7-9-21(20)15-23/h6-9,12-13,15,18,22,24-27,30,32H,5,10-11,14,16-17H2,1-4H3,(H,29,33). The molecule has 3 rings (SSSR count). The number of Topliss-reactive ketones (excluding diaryl/α,β-unsaturated/α-hetero) is 1. The van der Waals surface area contributed by atoms with E-state index in [1.54, 1.807) is 19.1 Å². The van der Waals surface area contributed by atoms with Crippen molar-refractivity contribution in [2.24, 2.45) is 17.8 Å². The zero-order valence-corrected chi connectivity index (χ0v) is 24.2. The van der Waals surface area contributed by atoms with Crippen molar-refractivity contribution in [1.29, 1.82) is 0 Å². The van der Waals surface area contributed by atoms with Gasteiger partial charge in [-0.1, -0.05) is 50.6 Å². The van der Waals surface area contributed by atoms with Crippen LogP contribution in [-0.4, -0.2) is 59.6 Å². The summed E-state index contributed by atoms with van der Waals surface area (Å²) in [5.41, 5.74) is 0. The van der Waals surface area contributed by atoms with E-state index in [4.69, 9.17) is 0 Å². The number of carbonyl (C=O) groups is 2. The molecule has 0 bridgehead atoms. The maximum absolute atomic E-state index is 13.2. The van der Waals surface area contributed by atoms with Crippen LogP contribution in [0.2, 0.25) is 0 Å². The van der Waals surface area contributed by atoms with Crippen LogP contribution >= 0.6 is 0 Å². The molecule has 1 fully saturated rings. The Kier molecular flexibility index (Phi) is 10.6. The summed E-state index contributed by atoms with van der Waals surface area (Å²) in [7, 11) is -5.44. The zero-order valence-electron chi connectivity index (χ0n) is 22.6. The zero-order chi connectivity index (χ0) is 28.0. The van der Waals surface area contributed by atoms with E-state index in [-0.39, 0.29) is 23.4 Å². The molecular weight excluding hydrogens is 524 g/mol. The maximum Gasteiger partial charge on any atom is 0.239 e. The second-order valence-electron chi connectivity index (χ2n) is 10.7. The molecule has 1 saturated carbocycles. The number of carbonyl (C=O) groups excluding carboxylic acids is 2. The number of hydrogen-bond acceptors (Lipinski definition) is 6. The highest BCUT2D eigenvalue weighted by Gasteiger charge is 2.35. The fourth-order valence-corrected chi connectivity index (χ4v) is 7.45. The SMILES string of the molecule is CCC(NC(=O)C(CS(=O)c1ccc2ccccc2c1)NS(C)(=O)=O)C(O)CC1CCC(C)CC1C(C)=O. The molecule has 0 aliphatic heterocycles. The van der Waals surface area contributed by atoms with Crippen LogP contribution in [0.15, 0.2) is 47.4 Å². The van der Waals surface area contributed by atoms with Crippen molar-refractivity contribution in [1.82, 2.24) is 10.0 Å². The first-order valence-electron chi connectivity index (χ1n) is 13.2. The Morgan fingerprint density at radius 1 is 1.13 bits per heavy atom. The molecule has 0 spiro atoms. The van der Waals surface area contributed by atoms with Gasteiger partial charge in [0.15, 0.2) is 0 Å². The molecule has 3 N–H and O–H groups in total. The number of nitrogens with one attached hydrogen (secondary N) is 2. The van der Waals surface area contributed by atoms with E-state index in [0.29, 0.717) is 23.7 Å². The highest BCUT2D eigenvalue weighted by atomic mass is 32.2. The van der Waals surface area contributed by atoms with Crippen LogP contribution in [0.4, 0.5) is 0 Å². The van der Waals surface area contributed by atoms with Gasteiger partial charge in [0, 0.05) is 10.8 Å². The van der Waals surface area contributed by atoms with Gasteiger partial charge in [-0.15, -0.1) is 0 Å². The third-order valence-electron chi connectivity index (χ3n) is 7.53. The Balaban J connectivity index is 1.72. The Labute approximate surface area is 228 Å². The first-order chi connectivity index (χ1) is 17.9. The normalized spacial score (nSPS) is 23.3. The van der Waals surface area contributed by atoms with Crippen molar-refractivity contribution in [3.63, 3.8) is 0 Å². The Bertz CT molecular complexity index is 1260. The fourth-order valence-electron chi connectivity index (χ4n) is 5.43. The Morgan fingerprint density at radius 3 is 2.45 bits per heavy atom. The highest BCUT2D eigenvalue weighted by Crippen LogP contribution is 2.37. The second-order valence-corrected chi connectivity index (χ2v) is 14.0. The summed E-state index contributed by atoms with van der Waals surface area (Å²) in [6, 6.07) is 11.0. The van der Waals surface area contributed by atoms with Crippen molar-refractivity contribution in [3.05, 3.63) is 42.5 Å².